The molecule has 0 amide bonds. The zero-order valence-corrected chi connectivity index (χ0v) is 37.1. The third-order valence-electron chi connectivity index (χ3n) is 10.1. The number of hydrogen-bond acceptors (Lipinski definition) is 5. The fraction of sp³-hybridized carbons (Fsp3) is 0.765. The molecule has 324 valence electrons. The number of allylic oxidation sites excluding steroid dienone is 9. The van der Waals surface area contributed by atoms with Gasteiger partial charge in [0.05, 0.1) is 13.2 Å². The molecule has 0 spiro atoms. The standard InChI is InChI=1S/C51H90O5/c1-4-7-10-13-15-17-19-21-23-25-26-27-28-30-32-34-36-39-41-44-50(52)55-48-49(56-51(53)45-42-38-12-9-6-3)47-54-46-43-40-37-35-33-31-29-24-22-20-18-16-14-11-8-5-2/h8,11,16,18,22,24,31,33,37,40,49H,4-7,9-10,12-15,17,19-21,23,25-30,32,34-36,38-39,41-48H2,1-3H3/b11-8-,18-16-,24-22-,33-31-,40-37-. The molecule has 0 aliphatic rings. The van der Waals surface area contributed by atoms with Gasteiger partial charge < -0.3 is 14.2 Å². The highest BCUT2D eigenvalue weighted by Gasteiger charge is 2.17. The maximum absolute atomic E-state index is 12.5. The lowest BCUT2D eigenvalue weighted by Gasteiger charge is -2.18. The van der Waals surface area contributed by atoms with Crippen LogP contribution in [0.5, 0.6) is 0 Å². The molecule has 5 heteroatoms. The molecule has 0 saturated carbocycles. The summed E-state index contributed by atoms with van der Waals surface area (Å²) in [6, 6.07) is 0. The highest BCUT2D eigenvalue weighted by Crippen LogP contribution is 2.15. The summed E-state index contributed by atoms with van der Waals surface area (Å²) >= 11 is 0. The summed E-state index contributed by atoms with van der Waals surface area (Å²) in [5.41, 5.74) is 0. The average molecular weight is 783 g/mol. The van der Waals surface area contributed by atoms with E-state index in [0.717, 1.165) is 70.6 Å². The second-order valence-electron chi connectivity index (χ2n) is 15.6. The lowest BCUT2D eigenvalue weighted by Crippen LogP contribution is -2.30. The minimum absolute atomic E-state index is 0.0567. The van der Waals surface area contributed by atoms with Gasteiger partial charge in [-0.2, -0.15) is 0 Å². The van der Waals surface area contributed by atoms with Crippen molar-refractivity contribution < 1.29 is 23.8 Å². The molecule has 0 fully saturated rings. The minimum atomic E-state index is -0.569. The highest BCUT2D eigenvalue weighted by molar-refractivity contribution is 5.70. The van der Waals surface area contributed by atoms with Crippen LogP contribution in [0.3, 0.4) is 0 Å². The first-order valence-corrected chi connectivity index (χ1v) is 23.8. The lowest BCUT2D eigenvalue weighted by molar-refractivity contribution is -0.162. The average Bonchev–Trinajstić information content (AvgIpc) is 3.20. The topological polar surface area (TPSA) is 61.8 Å². The second kappa shape index (κ2) is 47.0. The zero-order valence-electron chi connectivity index (χ0n) is 37.1. The highest BCUT2D eigenvalue weighted by atomic mass is 16.6. The fourth-order valence-electron chi connectivity index (χ4n) is 6.57. The summed E-state index contributed by atoms with van der Waals surface area (Å²) in [4.78, 5) is 25.0. The molecule has 0 rings (SSSR count). The molecule has 0 aliphatic heterocycles. The normalized spacial score (nSPS) is 12.7. The molecule has 0 saturated heterocycles. The summed E-state index contributed by atoms with van der Waals surface area (Å²) in [5, 5.41) is 0. The van der Waals surface area contributed by atoms with Crippen molar-refractivity contribution in [2.75, 3.05) is 19.8 Å². The van der Waals surface area contributed by atoms with Gasteiger partial charge in [0.1, 0.15) is 6.61 Å². The van der Waals surface area contributed by atoms with Crippen molar-refractivity contribution in [1.82, 2.24) is 0 Å². The summed E-state index contributed by atoms with van der Waals surface area (Å²) in [6.07, 6.45) is 58.5. The molecular formula is C51H90O5. The third-order valence-corrected chi connectivity index (χ3v) is 10.1. The van der Waals surface area contributed by atoms with Gasteiger partial charge in [0.15, 0.2) is 6.10 Å². The number of carbonyl (C=O) groups excluding carboxylic acids is 2. The van der Waals surface area contributed by atoms with E-state index in [1.54, 1.807) is 0 Å². The number of hydrogen-bond donors (Lipinski definition) is 0. The quantitative estimate of drug-likeness (QED) is 0.0350. The van der Waals surface area contributed by atoms with Crippen molar-refractivity contribution in [3.63, 3.8) is 0 Å². The van der Waals surface area contributed by atoms with Crippen LogP contribution in [0.2, 0.25) is 0 Å². The van der Waals surface area contributed by atoms with Crippen LogP contribution in [0.4, 0.5) is 0 Å². The Labute approximate surface area is 347 Å². The van der Waals surface area contributed by atoms with Crippen molar-refractivity contribution in [2.24, 2.45) is 0 Å². The maximum Gasteiger partial charge on any atom is 0.306 e. The van der Waals surface area contributed by atoms with Gasteiger partial charge in [0.25, 0.3) is 0 Å². The number of rotatable bonds is 43. The van der Waals surface area contributed by atoms with Crippen molar-refractivity contribution in [2.45, 2.75) is 232 Å². The largest absolute Gasteiger partial charge is 0.462 e. The maximum atomic E-state index is 12.5. The summed E-state index contributed by atoms with van der Waals surface area (Å²) in [5.74, 6) is -0.445. The molecule has 1 atom stereocenters. The Bertz CT molecular complexity index is 977. The molecule has 0 N–H and O–H groups in total. The Morgan fingerprint density at radius 2 is 0.768 bits per heavy atom. The number of esters is 2. The van der Waals surface area contributed by atoms with Crippen LogP contribution in [0, 0.1) is 0 Å². The van der Waals surface area contributed by atoms with Gasteiger partial charge in [-0.15, -0.1) is 0 Å². The van der Waals surface area contributed by atoms with Crippen LogP contribution in [0.25, 0.3) is 0 Å². The zero-order chi connectivity index (χ0) is 40.7. The Hall–Kier alpha value is -2.40. The molecule has 1 unspecified atom stereocenters. The smallest absolute Gasteiger partial charge is 0.306 e. The van der Waals surface area contributed by atoms with E-state index in [2.05, 4.69) is 81.5 Å². The van der Waals surface area contributed by atoms with E-state index >= 15 is 0 Å². The first kappa shape index (κ1) is 53.6. The number of ether oxygens (including phenoxy) is 3. The first-order chi connectivity index (χ1) is 27.6. The van der Waals surface area contributed by atoms with E-state index in [1.165, 1.54) is 122 Å². The number of unbranched alkanes of at least 4 members (excludes halogenated alkanes) is 22. The Morgan fingerprint density at radius 1 is 0.411 bits per heavy atom. The van der Waals surface area contributed by atoms with Crippen molar-refractivity contribution in [3.05, 3.63) is 60.8 Å². The van der Waals surface area contributed by atoms with Crippen LogP contribution in [0.1, 0.15) is 226 Å². The number of carbonyl (C=O) groups is 2. The van der Waals surface area contributed by atoms with Gasteiger partial charge in [-0.25, -0.2) is 0 Å². The molecule has 56 heavy (non-hydrogen) atoms. The van der Waals surface area contributed by atoms with Gasteiger partial charge in [0, 0.05) is 12.8 Å². The Balaban J connectivity index is 4.10. The van der Waals surface area contributed by atoms with Crippen LogP contribution >= 0.6 is 0 Å². The predicted molar refractivity (Wildman–Crippen MR) is 242 cm³/mol. The first-order valence-electron chi connectivity index (χ1n) is 23.8. The van der Waals surface area contributed by atoms with E-state index in [9.17, 15) is 9.59 Å². The molecule has 0 heterocycles. The Kier molecular flexibility index (Phi) is 45.0. The lowest BCUT2D eigenvalue weighted by atomic mass is 10.0. The molecule has 0 aromatic heterocycles. The van der Waals surface area contributed by atoms with Crippen LogP contribution in [0.15, 0.2) is 60.8 Å². The monoisotopic (exact) mass is 783 g/mol. The SMILES string of the molecule is CC/C=C\C/C=C\C/C=C\C/C=C\C/C=C\CCOCC(COC(=O)CCCCCCCCCCCCCCCCCCCCC)OC(=O)CCCCCCC. The Morgan fingerprint density at radius 3 is 1.18 bits per heavy atom. The van der Waals surface area contributed by atoms with Crippen molar-refractivity contribution >= 4 is 11.9 Å². The van der Waals surface area contributed by atoms with Gasteiger partial charge in [-0.3, -0.25) is 9.59 Å². The van der Waals surface area contributed by atoms with Gasteiger partial charge >= 0.3 is 11.9 Å². The second-order valence-corrected chi connectivity index (χ2v) is 15.6. The van der Waals surface area contributed by atoms with E-state index in [0.29, 0.717) is 19.4 Å². The van der Waals surface area contributed by atoms with Crippen molar-refractivity contribution in [3.8, 4) is 0 Å². The fourth-order valence-corrected chi connectivity index (χ4v) is 6.57. The van der Waals surface area contributed by atoms with Crippen LogP contribution in [-0.2, 0) is 23.8 Å². The van der Waals surface area contributed by atoms with Gasteiger partial charge in [0.2, 0.25) is 0 Å². The van der Waals surface area contributed by atoms with E-state index < -0.39 is 6.10 Å². The summed E-state index contributed by atoms with van der Waals surface area (Å²) in [6.45, 7) is 7.45. The summed E-state index contributed by atoms with van der Waals surface area (Å²) in [7, 11) is 0. The summed E-state index contributed by atoms with van der Waals surface area (Å²) < 4.78 is 17.1. The molecule has 0 aromatic rings. The van der Waals surface area contributed by atoms with Crippen LogP contribution < -0.4 is 0 Å². The molecule has 0 bridgehead atoms. The molecule has 0 aliphatic carbocycles. The molecule has 5 nitrogen and oxygen atoms in total. The van der Waals surface area contributed by atoms with Crippen molar-refractivity contribution in [1.29, 1.82) is 0 Å². The van der Waals surface area contributed by atoms with Gasteiger partial charge in [-0.1, -0.05) is 223 Å². The molecule has 0 radical (unpaired) electrons. The predicted octanol–water partition coefficient (Wildman–Crippen LogP) is 15.8. The van der Waals surface area contributed by atoms with Crippen LogP contribution in [-0.4, -0.2) is 37.9 Å². The van der Waals surface area contributed by atoms with Gasteiger partial charge in [-0.05, 0) is 51.4 Å². The minimum Gasteiger partial charge on any atom is -0.462 e. The molecule has 0 aromatic carbocycles. The van der Waals surface area contributed by atoms with E-state index in [1.807, 2.05) is 0 Å². The van der Waals surface area contributed by atoms with E-state index in [4.69, 9.17) is 14.2 Å². The van der Waals surface area contributed by atoms with E-state index in [-0.39, 0.29) is 25.2 Å². The third kappa shape index (κ3) is 44.3. The molecular weight excluding hydrogens is 693 g/mol.